The summed E-state index contributed by atoms with van der Waals surface area (Å²) in [5.74, 6) is -0.340. The van der Waals surface area contributed by atoms with E-state index in [2.05, 4.69) is 20.4 Å². The number of hydrogen-bond acceptors (Lipinski definition) is 7. The number of amides is 2. The molecule has 0 aliphatic heterocycles. The lowest BCUT2D eigenvalue weighted by Gasteiger charge is -2.05. The Labute approximate surface area is 141 Å². The average Bonchev–Trinajstić information content (AvgIpc) is 2.93. The van der Waals surface area contributed by atoms with Crippen molar-refractivity contribution in [1.29, 1.82) is 0 Å². The van der Waals surface area contributed by atoms with Crippen molar-refractivity contribution in [3.63, 3.8) is 0 Å². The highest BCUT2D eigenvalue weighted by molar-refractivity contribution is 7.89. The van der Waals surface area contributed by atoms with Gasteiger partial charge >= 0.3 is 6.09 Å². The lowest BCUT2D eigenvalue weighted by atomic mass is 10.3. The van der Waals surface area contributed by atoms with Gasteiger partial charge in [0, 0.05) is 11.1 Å². The third-order valence-electron chi connectivity index (χ3n) is 2.75. The molecule has 1 aromatic heterocycles. The number of hydrogen-bond donors (Lipinski definition) is 3. The zero-order valence-electron chi connectivity index (χ0n) is 12.5. The number of nitrogens with one attached hydrogen (secondary N) is 2. The molecule has 0 saturated heterocycles. The van der Waals surface area contributed by atoms with Gasteiger partial charge in [-0.2, -0.15) is 0 Å². The Morgan fingerprint density at radius 2 is 1.92 bits per heavy atom. The predicted octanol–water partition coefficient (Wildman–Crippen LogP) is 1.15. The summed E-state index contributed by atoms with van der Waals surface area (Å²) in [6.07, 6.45) is -0.647. The summed E-state index contributed by atoms with van der Waals surface area (Å²) in [5.41, 5.74) is 0.903. The third-order valence-corrected chi connectivity index (χ3v) is 4.49. The third kappa shape index (κ3) is 5.01. The normalized spacial score (nSPS) is 10.9. The standard InChI is InChI=1S/C13H14N4O5S2/c1-22-13(19)17-12-16-9(7-23-12)6-11(18)15-8-2-4-10(5-3-8)24(14,20)21/h2-5,7H,6H2,1H3,(H,15,18)(H2,14,20,21)(H,16,17,19). The second-order valence-electron chi connectivity index (χ2n) is 4.55. The summed E-state index contributed by atoms with van der Waals surface area (Å²) >= 11 is 1.16. The summed E-state index contributed by atoms with van der Waals surface area (Å²) in [7, 11) is -2.54. The van der Waals surface area contributed by atoms with Gasteiger partial charge in [-0.3, -0.25) is 10.1 Å². The van der Waals surface area contributed by atoms with Crippen LogP contribution in [0, 0.1) is 0 Å². The second-order valence-corrected chi connectivity index (χ2v) is 6.97. The molecule has 0 aliphatic carbocycles. The Morgan fingerprint density at radius 1 is 1.25 bits per heavy atom. The number of rotatable bonds is 5. The number of methoxy groups -OCH3 is 1. The van der Waals surface area contributed by atoms with E-state index in [1.807, 2.05) is 0 Å². The van der Waals surface area contributed by atoms with E-state index in [9.17, 15) is 18.0 Å². The fourth-order valence-electron chi connectivity index (χ4n) is 1.68. The van der Waals surface area contributed by atoms with Crippen LogP contribution >= 0.6 is 11.3 Å². The first-order valence-electron chi connectivity index (χ1n) is 6.50. The number of primary sulfonamides is 1. The first-order valence-corrected chi connectivity index (χ1v) is 8.92. The minimum Gasteiger partial charge on any atom is -0.453 e. The molecule has 4 N–H and O–H groups in total. The van der Waals surface area contributed by atoms with Gasteiger partial charge in [0.2, 0.25) is 15.9 Å². The van der Waals surface area contributed by atoms with Crippen molar-refractivity contribution in [2.75, 3.05) is 17.7 Å². The number of nitrogens with two attached hydrogens (primary N) is 1. The molecule has 2 amide bonds. The molecule has 2 rings (SSSR count). The van der Waals surface area contributed by atoms with Crippen molar-refractivity contribution < 1.29 is 22.7 Å². The van der Waals surface area contributed by atoms with Crippen LogP contribution in [-0.2, 0) is 26.0 Å². The molecule has 9 nitrogen and oxygen atoms in total. The summed E-state index contributed by atoms with van der Waals surface area (Å²) < 4.78 is 26.7. The van der Waals surface area contributed by atoms with Crippen LogP contribution in [0.2, 0.25) is 0 Å². The number of ether oxygens (including phenoxy) is 1. The highest BCUT2D eigenvalue weighted by Gasteiger charge is 2.11. The van der Waals surface area contributed by atoms with Crippen LogP contribution in [-0.4, -0.2) is 32.5 Å². The average molecular weight is 370 g/mol. The maximum Gasteiger partial charge on any atom is 0.413 e. The van der Waals surface area contributed by atoms with Gasteiger partial charge in [-0.25, -0.2) is 23.3 Å². The number of carbonyl (C=O) groups excluding carboxylic acids is 2. The fraction of sp³-hybridized carbons (Fsp3) is 0.154. The summed E-state index contributed by atoms with van der Waals surface area (Å²) in [4.78, 5) is 27.0. The lowest BCUT2D eigenvalue weighted by molar-refractivity contribution is -0.115. The molecule has 24 heavy (non-hydrogen) atoms. The van der Waals surface area contributed by atoms with Gasteiger partial charge in [0.05, 0.1) is 24.1 Å². The lowest BCUT2D eigenvalue weighted by Crippen LogP contribution is -2.16. The summed E-state index contributed by atoms with van der Waals surface area (Å²) in [6, 6.07) is 5.46. The minimum absolute atomic E-state index is 0.00368. The molecule has 2 aromatic rings. The summed E-state index contributed by atoms with van der Waals surface area (Å²) in [6.45, 7) is 0. The predicted molar refractivity (Wildman–Crippen MR) is 88.3 cm³/mol. The molecular formula is C13H14N4O5S2. The molecule has 0 radical (unpaired) electrons. The molecule has 0 spiro atoms. The van der Waals surface area contributed by atoms with Crippen molar-refractivity contribution >= 4 is 44.2 Å². The molecule has 1 heterocycles. The van der Waals surface area contributed by atoms with Crippen molar-refractivity contribution in [3.8, 4) is 0 Å². The van der Waals surface area contributed by atoms with Crippen LogP contribution in [0.5, 0.6) is 0 Å². The molecule has 0 saturated carbocycles. The molecule has 128 valence electrons. The maximum atomic E-state index is 11.9. The number of thiazole rings is 1. The smallest absolute Gasteiger partial charge is 0.413 e. The van der Waals surface area contributed by atoms with E-state index < -0.39 is 16.1 Å². The van der Waals surface area contributed by atoms with E-state index in [1.54, 1.807) is 5.38 Å². The second kappa shape index (κ2) is 7.38. The van der Waals surface area contributed by atoms with Gasteiger partial charge < -0.3 is 10.1 Å². The highest BCUT2D eigenvalue weighted by atomic mass is 32.2. The molecular weight excluding hydrogens is 356 g/mol. The number of sulfonamides is 1. The quantitative estimate of drug-likeness (QED) is 0.721. The Bertz CT molecular complexity index is 846. The number of anilines is 2. The van der Waals surface area contributed by atoms with Gasteiger partial charge in [-0.15, -0.1) is 11.3 Å². The van der Waals surface area contributed by atoms with E-state index in [4.69, 9.17) is 5.14 Å². The topological polar surface area (TPSA) is 140 Å². The van der Waals surface area contributed by atoms with E-state index in [1.165, 1.54) is 31.4 Å². The Hall–Kier alpha value is -2.50. The van der Waals surface area contributed by atoms with Gasteiger partial charge in [-0.1, -0.05) is 0 Å². The Morgan fingerprint density at radius 3 is 2.50 bits per heavy atom. The number of nitrogens with zero attached hydrogens (tertiary/aromatic N) is 1. The van der Waals surface area contributed by atoms with Gasteiger partial charge in [0.25, 0.3) is 0 Å². The zero-order chi connectivity index (χ0) is 17.7. The fourth-order valence-corrected chi connectivity index (χ4v) is 2.89. The van der Waals surface area contributed by atoms with Gasteiger partial charge in [-0.05, 0) is 24.3 Å². The van der Waals surface area contributed by atoms with Crippen molar-refractivity contribution in [2.24, 2.45) is 5.14 Å². The van der Waals surface area contributed by atoms with E-state index >= 15 is 0 Å². The number of aromatic nitrogens is 1. The molecule has 0 unspecified atom stereocenters. The zero-order valence-corrected chi connectivity index (χ0v) is 14.1. The van der Waals surface area contributed by atoms with Crippen molar-refractivity contribution in [2.45, 2.75) is 11.3 Å². The Kier molecular flexibility index (Phi) is 5.49. The molecule has 0 fully saturated rings. The van der Waals surface area contributed by atoms with Gasteiger partial charge in [0.15, 0.2) is 5.13 Å². The molecule has 0 aliphatic rings. The van der Waals surface area contributed by atoms with Crippen molar-refractivity contribution in [1.82, 2.24) is 4.98 Å². The van der Waals surface area contributed by atoms with Crippen LogP contribution in [0.3, 0.4) is 0 Å². The summed E-state index contributed by atoms with van der Waals surface area (Å²) in [5, 5.41) is 12.0. The van der Waals surface area contributed by atoms with E-state index in [0.29, 0.717) is 16.5 Å². The first kappa shape index (κ1) is 17.8. The Balaban J connectivity index is 1.95. The monoisotopic (exact) mass is 370 g/mol. The largest absolute Gasteiger partial charge is 0.453 e. The van der Waals surface area contributed by atoms with Crippen LogP contribution < -0.4 is 15.8 Å². The number of benzene rings is 1. The minimum atomic E-state index is -3.77. The molecule has 0 atom stereocenters. The van der Waals surface area contributed by atoms with E-state index in [-0.39, 0.29) is 17.2 Å². The van der Waals surface area contributed by atoms with Crippen LogP contribution in [0.25, 0.3) is 0 Å². The van der Waals surface area contributed by atoms with Crippen LogP contribution in [0.15, 0.2) is 34.5 Å². The highest BCUT2D eigenvalue weighted by Crippen LogP contribution is 2.17. The SMILES string of the molecule is COC(=O)Nc1nc(CC(=O)Nc2ccc(S(N)(=O)=O)cc2)cs1. The van der Waals surface area contributed by atoms with Crippen LogP contribution in [0.1, 0.15) is 5.69 Å². The van der Waals surface area contributed by atoms with Gasteiger partial charge in [0.1, 0.15) is 0 Å². The van der Waals surface area contributed by atoms with Crippen LogP contribution in [0.4, 0.5) is 15.6 Å². The molecule has 0 bridgehead atoms. The number of carbonyl (C=O) groups is 2. The van der Waals surface area contributed by atoms with Crippen molar-refractivity contribution in [3.05, 3.63) is 35.3 Å². The molecule has 1 aromatic carbocycles. The molecule has 11 heteroatoms. The van der Waals surface area contributed by atoms with E-state index in [0.717, 1.165) is 11.3 Å². The maximum absolute atomic E-state index is 11.9. The first-order chi connectivity index (χ1) is 11.3.